The first-order valence-electron chi connectivity index (χ1n) is 6.12. The van der Waals surface area contributed by atoms with Gasteiger partial charge in [-0.1, -0.05) is 12.1 Å². The van der Waals surface area contributed by atoms with Crippen LogP contribution in [0.5, 0.6) is 0 Å². The predicted molar refractivity (Wildman–Crippen MR) is 71.4 cm³/mol. The highest BCUT2D eigenvalue weighted by atomic mass is 19.1. The van der Waals surface area contributed by atoms with Gasteiger partial charge in [0.1, 0.15) is 5.82 Å². The fraction of sp³-hybridized carbons (Fsp3) is 0.357. The summed E-state index contributed by atoms with van der Waals surface area (Å²) >= 11 is 0. The molecule has 0 spiro atoms. The van der Waals surface area contributed by atoms with Crippen LogP contribution in [0.3, 0.4) is 0 Å². The molecule has 1 heterocycles. The minimum atomic E-state index is -0.115. The van der Waals surface area contributed by atoms with E-state index in [-0.39, 0.29) is 5.82 Å². The number of aryl methyl sites for hydroxylation is 2. The normalized spacial score (nSPS) is 10.7. The van der Waals surface area contributed by atoms with Gasteiger partial charge in [0, 0.05) is 18.9 Å². The van der Waals surface area contributed by atoms with Crippen LogP contribution >= 0.6 is 0 Å². The van der Waals surface area contributed by atoms with Gasteiger partial charge in [-0.2, -0.15) is 0 Å². The van der Waals surface area contributed by atoms with Gasteiger partial charge >= 0.3 is 0 Å². The quantitative estimate of drug-likeness (QED) is 0.899. The van der Waals surface area contributed by atoms with E-state index in [1.165, 1.54) is 0 Å². The number of benzene rings is 1. The first-order chi connectivity index (χ1) is 8.61. The van der Waals surface area contributed by atoms with Crippen molar-refractivity contribution >= 4 is 5.95 Å². The molecule has 0 radical (unpaired) electrons. The SMILES string of the molecule is CCNc1nccn1Cc1cc(C)c(F)c(C)c1. The van der Waals surface area contributed by atoms with Crippen LogP contribution in [0.15, 0.2) is 24.5 Å². The third-order valence-electron chi connectivity index (χ3n) is 2.90. The maximum Gasteiger partial charge on any atom is 0.203 e. The van der Waals surface area contributed by atoms with Crippen molar-refractivity contribution < 1.29 is 4.39 Å². The lowest BCUT2D eigenvalue weighted by Crippen LogP contribution is -2.08. The van der Waals surface area contributed by atoms with Crippen LogP contribution in [0.25, 0.3) is 0 Å². The summed E-state index contributed by atoms with van der Waals surface area (Å²) in [6.07, 6.45) is 3.69. The fourth-order valence-electron chi connectivity index (χ4n) is 2.09. The van der Waals surface area contributed by atoms with E-state index in [1.54, 1.807) is 20.0 Å². The minimum Gasteiger partial charge on any atom is -0.356 e. The largest absolute Gasteiger partial charge is 0.356 e. The average molecular weight is 247 g/mol. The first kappa shape index (κ1) is 12.6. The first-order valence-corrected chi connectivity index (χ1v) is 6.12. The van der Waals surface area contributed by atoms with E-state index < -0.39 is 0 Å². The molecule has 0 atom stereocenters. The average Bonchev–Trinajstić information content (AvgIpc) is 2.74. The topological polar surface area (TPSA) is 29.9 Å². The zero-order valence-electron chi connectivity index (χ0n) is 11.0. The Morgan fingerprint density at radius 3 is 2.56 bits per heavy atom. The number of hydrogen-bond acceptors (Lipinski definition) is 2. The molecule has 96 valence electrons. The third-order valence-corrected chi connectivity index (χ3v) is 2.90. The lowest BCUT2D eigenvalue weighted by atomic mass is 10.1. The summed E-state index contributed by atoms with van der Waals surface area (Å²) in [4.78, 5) is 4.24. The van der Waals surface area contributed by atoms with E-state index in [1.807, 2.05) is 29.8 Å². The molecule has 0 saturated heterocycles. The van der Waals surface area contributed by atoms with E-state index in [4.69, 9.17) is 0 Å². The number of anilines is 1. The summed E-state index contributed by atoms with van der Waals surface area (Å²) in [7, 11) is 0. The summed E-state index contributed by atoms with van der Waals surface area (Å²) in [6.45, 7) is 7.16. The van der Waals surface area contributed by atoms with Gasteiger partial charge in [-0.15, -0.1) is 0 Å². The molecule has 0 bridgehead atoms. The van der Waals surface area contributed by atoms with Crippen molar-refractivity contribution in [3.05, 3.63) is 47.0 Å². The van der Waals surface area contributed by atoms with Crippen LogP contribution in [0.2, 0.25) is 0 Å². The molecule has 0 amide bonds. The van der Waals surface area contributed by atoms with E-state index in [0.29, 0.717) is 17.7 Å². The van der Waals surface area contributed by atoms with Crippen molar-refractivity contribution in [3.63, 3.8) is 0 Å². The highest BCUT2D eigenvalue weighted by Gasteiger charge is 2.06. The van der Waals surface area contributed by atoms with Gasteiger partial charge < -0.3 is 9.88 Å². The number of halogens is 1. The second-order valence-electron chi connectivity index (χ2n) is 4.45. The molecule has 0 unspecified atom stereocenters. The van der Waals surface area contributed by atoms with Gasteiger partial charge in [-0.25, -0.2) is 9.37 Å². The lowest BCUT2D eigenvalue weighted by Gasteiger charge is -2.10. The predicted octanol–water partition coefficient (Wildman–Crippen LogP) is 3.12. The zero-order chi connectivity index (χ0) is 13.1. The van der Waals surface area contributed by atoms with Crippen LogP contribution < -0.4 is 5.32 Å². The minimum absolute atomic E-state index is 0.115. The van der Waals surface area contributed by atoms with Crippen LogP contribution in [-0.2, 0) is 6.54 Å². The van der Waals surface area contributed by atoms with E-state index in [0.717, 1.165) is 18.1 Å². The summed E-state index contributed by atoms with van der Waals surface area (Å²) in [5, 5.41) is 3.19. The number of aromatic nitrogens is 2. The summed E-state index contributed by atoms with van der Waals surface area (Å²) < 4.78 is 15.6. The van der Waals surface area contributed by atoms with Crippen molar-refractivity contribution in [1.29, 1.82) is 0 Å². The molecule has 0 aliphatic rings. The molecular formula is C14H18FN3. The Balaban J connectivity index is 2.26. The molecule has 0 saturated carbocycles. The van der Waals surface area contributed by atoms with Crippen LogP contribution in [0, 0.1) is 19.7 Å². The summed E-state index contributed by atoms with van der Waals surface area (Å²) in [5.41, 5.74) is 2.47. The van der Waals surface area contributed by atoms with Crippen LogP contribution in [0.1, 0.15) is 23.6 Å². The van der Waals surface area contributed by atoms with Gasteiger partial charge in [0.2, 0.25) is 5.95 Å². The Morgan fingerprint density at radius 1 is 1.28 bits per heavy atom. The van der Waals surface area contributed by atoms with Gasteiger partial charge in [0.25, 0.3) is 0 Å². The Bertz CT molecular complexity index is 523. The van der Waals surface area contributed by atoms with E-state index in [9.17, 15) is 4.39 Å². The Morgan fingerprint density at radius 2 is 1.94 bits per heavy atom. The van der Waals surface area contributed by atoms with Gasteiger partial charge in [-0.05, 0) is 37.5 Å². The molecule has 1 aromatic carbocycles. The molecule has 18 heavy (non-hydrogen) atoms. The van der Waals surface area contributed by atoms with Crippen LogP contribution in [-0.4, -0.2) is 16.1 Å². The lowest BCUT2D eigenvalue weighted by molar-refractivity contribution is 0.607. The summed E-state index contributed by atoms with van der Waals surface area (Å²) in [5.74, 6) is 0.730. The number of nitrogens with one attached hydrogen (secondary N) is 1. The second kappa shape index (κ2) is 5.21. The molecule has 2 rings (SSSR count). The summed E-state index contributed by atoms with van der Waals surface area (Å²) in [6, 6.07) is 3.77. The standard InChI is InChI=1S/C14H18FN3/c1-4-16-14-17-5-6-18(14)9-12-7-10(2)13(15)11(3)8-12/h5-8H,4,9H2,1-3H3,(H,16,17). The number of hydrogen-bond donors (Lipinski definition) is 1. The molecule has 1 N–H and O–H groups in total. The molecule has 4 heteroatoms. The fourth-order valence-corrected chi connectivity index (χ4v) is 2.09. The smallest absolute Gasteiger partial charge is 0.203 e. The van der Waals surface area contributed by atoms with Crippen LogP contribution in [0.4, 0.5) is 10.3 Å². The van der Waals surface area contributed by atoms with Crippen molar-refractivity contribution in [2.75, 3.05) is 11.9 Å². The van der Waals surface area contributed by atoms with Crippen molar-refractivity contribution in [2.45, 2.75) is 27.3 Å². The van der Waals surface area contributed by atoms with E-state index >= 15 is 0 Å². The molecule has 3 nitrogen and oxygen atoms in total. The molecular weight excluding hydrogens is 229 g/mol. The molecule has 1 aromatic heterocycles. The monoisotopic (exact) mass is 247 g/mol. The molecule has 0 aliphatic heterocycles. The Kier molecular flexibility index (Phi) is 3.65. The highest BCUT2D eigenvalue weighted by Crippen LogP contribution is 2.17. The van der Waals surface area contributed by atoms with Gasteiger partial charge in [0.05, 0.1) is 6.54 Å². The zero-order valence-corrected chi connectivity index (χ0v) is 11.0. The van der Waals surface area contributed by atoms with Crippen molar-refractivity contribution in [2.24, 2.45) is 0 Å². The Labute approximate surface area is 107 Å². The third kappa shape index (κ3) is 2.53. The van der Waals surface area contributed by atoms with Gasteiger partial charge in [0.15, 0.2) is 0 Å². The van der Waals surface area contributed by atoms with Crippen molar-refractivity contribution in [3.8, 4) is 0 Å². The number of rotatable bonds is 4. The van der Waals surface area contributed by atoms with E-state index in [2.05, 4.69) is 10.3 Å². The second-order valence-corrected chi connectivity index (χ2v) is 4.45. The molecule has 0 aliphatic carbocycles. The maximum atomic E-state index is 13.6. The number of nitrogens with zero attached hydrogens (tertiary/aromatic N) is 2. The molecule has 2 aromatic rings. The highest BCUT2D eigenvalue weighted by molar-refractivity contribution is 5.33. The number of imidazole rings is 1. The Hall–Kier alpha value is -1.84. The maximum absolute atomic E-state index is 13.6. The molecule has 0 fully saturated rings. The van der Waals surface area contributed by atoms with Crippen molar-refractivity contribution in [1.82, 2.24) is 9.55 Å². The van der Waals surface area contributed by atoms with Gasteiger partial charge in [-0.3, -0.25) is 0 Å².